The van der Waals surface area contributed by atoms with Crippen molar-refractivity contribution < 1.29 is 4.74 Å². The van der Waals surface area contributed by atoms with E-state index in [0.717, 1.165) is 12.3 Å². The number of likely N-dealkylation sites (tertiary alicyclic amines) is 1. The number of hydrogen-bond donors (Lipinski definition) is 1. The van der Waals surface area contributed by atoms with E-state index in [1.54, 1.807) is 7.11 Å². The largest absolute Gasteiger partial charge is 0.496 e. The van der Waals surface area contributed by atoms with Crippen LogP contribution in [-0.2, 0) is 0 Å². The van der Waals surface area contributed by atoms with Gasteiger partial charge in [-0.2, -0.15) is 0 Å². The summed E-state index contributed by atoms with van der Waals surface area (Å²) in [5.74, 6) is 0.948. The van der Waals surface area contributed by atoms with E-state index in [1.165, 1.54) is 24.0 Å². The maximum atomic E-state index is 5.99. The van der Waals surface area contributed by atoms with E-state index in [0.29, 0.717) is 18.6 Å². The summed E-state index contributed by atoms with van der Waals surface area (Å²) < 4.78 is 5.32. The van der Waals surface area contributed by atoms with Crippen LogP contribution in [0.2, 0.25) is 0 Å². The maximum absolute atomic E-state index is 5.99. The molecule has 2 atom stereocenters. The maximum Gasteiger partial charge on any atom is 0.121 e. The standard InChI is InChI=1S/C15H24N2O/c1-11-9-13(6-7-15(11)18-3)14(10-16)17-8-4-5-12(17)2/h6-7,9,12,14H,4-5,8,10,16H2,1-3H3. The van der Waals surface area contributed by atoms with Gasteiger partial charge in [0.15, 0.2) is 0 Å². The Morgan fingerprint density at radius 2 is 2.28 bits per heavy atom. The van der Waals surface area contributed by atoms with Gasteiger partial charge < -0.3 is 10.5 Å². The van der Waals surface area contributed by atoms with Crippen molar-refractivity contribution in [3.8, 4) is 5.75 Å². The molecule has 2 rings (SSSR count). The Hall–Kier alpha value is -1.06. The minimum atomic E-state index is 0.340. The molecule has 0 spiro atoms. The number of methoxy groups -OCH3 is 1. The van der Waals surface area contributed by atoms with Crippen LogP contribution < -0.4 is 10.5 Å². The normalized spacial score (nSPS) is 22.1. The summed E-state index contributed by atoms with van der Waals surface area (Å²) in [6, 6.07) is 7.39. The Morgan fingerprint density at radius 1 is 1.50 bits per heavy atom. The van der Waals surface area contributed by atoms with Crippen molar-refractivity contribution in [1.82, 2.24) is 4.90 Å². The van der Waals surface area contributed by atoms with Crippen LogP contribution in [0.5, 0.6) is 5.75 Å². The van der Waals surface area contributed by atoms with Gasteiger partial charge in [0.2, 0.25) is 0 Å². The smallest absolute Gasteiger partial charge is 0.121 e. The molecule has 2 unspecified atom stereocenters. The second-order valence-corrected chi connectivity index (χ2v) is 5.21. The van der Waals surface area contributed by atoms with E-state index in [4.69, 9.17) is 10.5 Å². The average Bonchev–Trinajstić information content (AvgIpc) is 2.77. The zero-order valence-electron chi connectivity index (χ0n) is 11.6. The van der Waals surface area contributed by atoms with Crippen LogP contribution in [0.25, 0.3) is 0 Å². The molecule has 0 bridgehead atoms. The predicted octanol–water partition coefficient (Wildman–Crippen LogP) is 2.49. The van der Waals surface area contributed by atoms with Gasteiger partial charge in [-0.15, -0.1) is 0 Å². The number of rotatable bonds is 4. The highest BCUT2D eigenvalue weighted by Gasteiger charge is 2.28. The lowest BCUT2D eigenvalue weighted by Gasteiger charge is -2.31. The summed E-state index contributed by atoms with van der Waals surface area (Å²) in [7, 11) is 1.71. The van der Waals surface area contributed by atoms with E-state index in [-0.39, 0.29) is 0 Å². The van der Waals surface area contributed by atoms with Crippen LogP contribution >= 0.6 is 0 Å². The first-order valence-electron chi connectivity index (χ1n) is 6.77. The van der Waals surface area contributed by atoms with E-state index in [1.807, 2.05) is 6.07 Å². The Kier molecular flexibility index (Phi) is 4.25. The van der Waals surface area contributed by atoms with Crippen LogP contribution in [-0.4, -0.2) is 31.1 Å². The van der Waals surface area contributed by atoms with Crippen LogP contribution in [0, 0.1) is 6.92 Å². The number of ether oxygens (including phenoxy) is 1. The molecule has 0 radical (unpaired) electrons. The molecule has 0 aromatic heterocycles. The van der Waals surface area contributed by atoms with Gasteiger partial charge in [-0.25, -0.2) is 0 Å². The number of benzene rings is 1. The van der Waals surface area contributed by atoms with Crippen molar-refractivity contribution in [2.24, 2.45) is 5.73 Å². The van der Waals surface area contributed by atoms with Gasteiger partial charge >= 0.3 is 0 Å². The van der Waals surface area contributed by atoms with Gasteiger partial charge in [-0.1, -0.05) is 12.1 Å². The van der Waals surface area contributed by atoms with Crippen molar-refractivity contribution in [1.29, 1.82) is 0 Å². The third-order valence-corrected chi connectivity index (χ3v) is 4.03. The fraction of sp³-hybridized carbons (Fsp3) is 0.600. The van der Waals surface area contributed by atoms with Crippen LogP contribution in [0.3, 0.4) is 0 Å². The molecule has 1 fully saturated rings. The monoisotopic (exact) mass is 248 g/mol. The lowest BCUT2D eigenvalue weighted by atomic mass is 10.0. The molecule has 100 valence electrons. The molecule has 0 amide bonds. The molecule has 1 aliphatic heterocycles. The average molecular weight is 248 g/mol. The Balaban J connectivity index is 2.24. The number of nitrogens with two attached hydrogens (primary N) is 1. The highest BCUT2D eigenvalue weighted by atomic mass is 16.5. The first-order chi connectivity index (χ1) is 8.67. The number of aryl methyl sites for hydroxylation is 1. The van der Waals surface area contributed by atoms with Crippen molar-refractivity contribution in [2.45, 2.75) is 38.8 Å². The second-order valence-electron chi connectivity index (χ2n) is 5.21. The van der Waals surface area contributed by atoms with Gasteiger partial charge in [0.25, 0.3) is 0 Å². The minimum absolute atomic E-state index is 0.340. The van der Waals surface area contributed by atoms with Crippen LogP contribution in [0.15, 0.2) is 18.2 Å². The summed E-state index contributed by atoms with van der Waals surface area (Å²) >= 11 is 0. The fourth-order valence-electron chi connectivity index (χ4n) is 2.99. The van der Waals surface area contributed by atoms with Crippen LogP contribution in [0.4, 0.5) is 0 Å². The van der Waals surface area contributed by atoms with Gasteiger partial charge in [-0.05, 0) is 50.4 Å². The van der Waals surface area contributed by atoms with E-state index in [9.17, 15) is 0 Å². The summed E-state index contributed by atoms with van der Waals surface area (Å²) in [6.07, 6.45) is 2.57. The molecule has 1 aliphatic rings. The molecule has 1 aromatic carbocycles. The highest BCUT2D eigenvalue weighted by molar-refractivity contribution is 5.37. The molecule has 1 aromatic rings. The lowest BCUT2D eigenvalue weighted by Crippen LogP contribution is -2.36. The topological polar surface area (TPSA) is 38.5 Å². The number of hydrogen-bond acceptors (Lipinski definition) is 3. The first-order valence-corrected chi connectivity index (χ1v) is 6.77. The zero-order valence-corrected chi connectivity index (χ0v) is 11.6. The highest BCUT2D eigenvalue weighted by Crippen LogP contribution is 2.30. The summed E-state index contributed by atoms with van der Waals surface area (Å²) in [5.41, 5.74) is 8.49. The Morgan fingerprint density at radius 3 is 2.78 bits per heavy atom. The zero-order chi connectivity index (χ0) is 13.1. The van der Waals surface area contributed by atoms with Gasteiger partial charge in [0.1, 0.15) is 5.75 Å². The fourth-order valence-corrected chi connectivity index (χ4v) is 2.99. The van der Waals surface area contributed by atoms with E-state index in [2.05, 4.69) is 30.9 Å². The molecule has 3 nitrogen and oxygen atoms in total. The Labute approximate surface area is 110 Å². The second kappa shape index (κ2) is 5.72. The predicted molar refractivity (Wildman–Crippen MR) is 74.9 cm³/mol. The van der Waals surface area contributed by atoms with Crippen LogP contribution in [0.1, 0.15) is 36.9 Å². The minimum Gasteiger partial charge on any atom is -0.496 e. The quantitative estimate of drug-likeness (QED) is 0.889. The van der Waals surface area contributed by atoms with E-state index < -0.39 is 0 Å². The summed E-state index contributed by atoms with van der Waals surface area (Å²) in [6.45, 7) is 6.22. The van der Waals surface area contributed by atoms with Crippen molar-refractivity contribution >= 4 is 0 Å². The summed E-state index contributed by atoms with van der Waals surface area (Å²) in [4.78, 5) is 2.53. The molecule has 1 heterocycles. The molecule has 0 aliphatic carbocycles. The van der Waals surface area contributed by atoms with Gasteiger partial charge in [0, 0.05) is 18.6 Å². The van der Waals surface area contributed by atoms with Crippen molar-refractivity contribution in [3.05, 3.63) is 29.3 Å². The third-order valence-electron chi connectivity index (χ3n) is 4.03. The SMILES string of the molecule is COc1ccc(C(CN)N2CCCC2C)cc1C. The molecule has 18 heavy (non-hydrogen) atoms. The first kappa shape index (κ1) is 13.4. The van der Waals surface area contributed by atoms with Crippen molar-refractivity contribution in [3.63, 3.8) is 0 Å². The van der Waals surface area contributed by atoms with Gasteiger partial charge in [-0.3, -0.25) is 4.90 Å². The summed E-state index contributed by atoms with van der Waals surface area (Å²) in [5, 5.41) is 0. The van der Waals surface area contributed by atoms with E-state index >= 15 is 0 Å². The molecule has 3 heteroatoms. The molecule has 1 saturated heterocycles. The molecular weight excluding hydrogens is 224 g/mol. The van der Waals surface area contributed by atoms with Gasteiger partial charge in [0.05, 0.1) is 7.11 Å². The molecule has 2 N–H and O–H groups in total. The number of nitrogens with zero attached hydrogens (tertiary/aromatic N) is 1. The van der Waals surface area contributed by atoms with Crippen molar-refractivity contribution in [2.75, 3.05) is 20.2 Å². The Bertz CT molecular complexity index is 405. The molecule has 0 saturated carbocycles. The lowest BCUT2D eigenvalue weighted by molar-refractivity contribution is 0.195. The molecular formula is C15H24N2O. The third kappa shape index (κ3) is 2.52.